The van der Waals surface area contributed by atoms with Crippen molar-refractivity contribution >= 4 is 23.3 Å². The van der Waals surface area contributed by atoms with Crippen LogP contribution in [0.1, 0.15) is 27.9 Å². The second-order valence-corrected chi connectivity index (χ2v) is 7.22. The summed E-state index contributed by atoms with van der Waals surface area (Å²) in [4.78, 5) is 29.9. The van der Waals surface area contributed by atoms with Gasteiger partial charge in [0.25, 0.3) is 5.56 Å². The molecule has 0 saturated carbocycles. The molecule has 0 aliphatic rings. The Morgan fingerprint density at radius 1 is 1.10 bits per heavy atom. The minimum Gasteiger partial charge on any atom is -0.318 e. The number of carbonyl (C=O) groups excluding carboxylic acids is 1. The molecule has 2 N–H and O–H groups in total. The van der Waals surface area contributed by atoms with Crippen LogP contribution < -0.4 is 10.9 Å². The number of nitrogens with one attached hydrogen (secondary N) is 2. The smallest absolute Gasteiger partial charge is 0.276 e. The number of nitrogens with zero attached hydrogens (tertiary/aromatic N) is 2. The first-order valence-corrected chi connectivity index (χ1v) is 9.70. The van der Waals surface area contributed by atoms with Crippen molar-refractivity contribution in [2.24, 2.45) is 0 Å². The molecular weight excluding hydrogens is 376 g/mol. The van der Waals surface area contributed by atoms with Crippen LogP contribution in [-0.4, -0.2) is 20.5 Å². The normalized spacial score (nSPS) is 11.3. The average molecular weight is 398 g/mol. The first-order chi connectivity index (χ1) is 14.5. The van der Waals surface area contributed by atoms with E-state index < -0.39 is 0 Å². The van der Waals surface area contributed by atoms with Crippen molar-refractivity contribution in [3.05, 3.63) is 105 Å². The summed E-state index contributed by atoms with van der Waals surface area (Å²) in [5, 5.41) is 5.69. The topological polar surface area (TPSA) is 79.3 Å². The van der Waals surface area contributed by atoms with Crippen LogP contribution >= 0.6 is 0 Å². The SMILES string of the molecule is Cc1ccc(/C=C/C(=O)Nc2c[nH]n3c(=O)c(Cc4ccccc4)c(C)nc23)cc1. The molecule has 0 spiro atoms. The maximum Gasteiger partial charge on any atom is 0.276 e. The van der Waals surface area contributed by atoms with E-state index in [9.17, 15) is 9.59 Å². The monoisotopic (exact) mass is 398 g/mol. The number of amides is 1. The number of fused-ring (bicyclic) bond motifs is 1. The second kappa shape index (κ2) is 8.21. The molecule has 0 unspecified atom stereocenters. The molecule has 0 aliphatic heterocycles. The van der Waals surface area contributed by atoms with E-state index in [-0.39, 0.29) is 11.5 Å². The van der Waals surface area contributed by atoms with Gasteiger partial charge in [-0.3, -0.25) is 14.7 Å². The van der Waals surface area contributed by atoms with Crippen molar-refractivity contribution in [2.75, 3.05) is 5.32 Å². The van der Waals surface area contributed by atoms with E-state index in [1.165, 1.54) is 10.6 Å². The molecule has 0 atom stereocenters. The van der Waals surface area contributed by atoms with Gasteiger partial charge in [0.15, 0.2) is 5.65 Å². The fourth-order valence-electron chi connectivity index (χ4n) is 3.28. The zero-order valence-corrected chi connectivity index (χ0v) is 16.8. The number of aromatic nitrogens is 3. The summed E-state index contributed by atoms with van der Waals surface area (Å²) in [6.07, 6.45) is 5.28. The van der Waals surface area contributed by atoms with E-state index in [1.54, 1.807) is 12.3 Å². The molecule has 2 aromatic carbocycles. The summed E-state index contributed by atoms with van der Waals surface area (Å²) in [7, 11) is 0. The molecule has 1 amide bonds. The molecule has 0 bridgehead atoms. The van der Waals surface area contributed by atoms with Gasteiger partial charge in [-0.2, -0.15) is 4.52 Å². The number of aromatic amines is 1. The number of benzene rings is 2. The first-order valence-electron chi connectivity index (χ1n) is 9.70. The third kappa shape index (κ3) is 4.07. The second-order valence-electron chi connectivity index (χ2n) is 7.22. The fraction of sp³-hybridized carbons (Fsp3) is 0.125. The summed E-state index contributed by atoms with van der Waals surface area (Å²) >= 11 is 0. The molecular formula is C24H22N4O2. The van der Waals surface area contributed by atoms with Crippen molar-refractivity contribution < 1.29 is 4.79 Å². The number of aryl methyl sites for hydroxylation is 2. The van der Waals surface area contributed by atoms with Gasteiger partial charge in [0.1, 0.15) is 5.69 Å². The largest absolute Gasteiger partial charge is 0.318 e. The van der Waals surface area contributed by atoms with Crippen molar-refractivity contribution in [2.45, 2.75) is 20.3 Å². The van der Waals surface area contributed by atoms with E-state index >= 15 is 0 Å². The number of H-pyrrole nitrogens is 1. The fourth-order valence-corrected chi connectivity index (χ4v) is 3.28. The Balaban J connectivity index is 1.58. The third-order valence-corrected chi connectivity index (χ3v) is 4.95. The first kappa shape index (κ1) is 19.4. The van der Waals surface area contributed by atoms with Crippen LogP contribution in [0.25, 0.3) is 11.7 Å². The minimum atomic E-state index is -0.294. The van der Waals surface area contributed by atoms with Crippen LogP contribution in [0.2, 0.25) is 0 Å². The number of hydrogen-bond acceptors (Lipinski definition) is 3. The standard InChI is InChI=1S/C24H22N4O2/c1-16-8-10-18(11-9-16)12-13-22(29)27-21-15-25-28-23(21)26-17(2)20(24(28)30)14-19-6-4-3-5-7-19/h3-13,15,25H,14H2,1-2H3,(H,27,29)/b13-12+. The quantitative estimate of drug-likeness (QED) is 0.501. The van der Waals surface area contributed by atoms with Crippen LogP contribution in [0.3, 0.4) is 0 Å². The average Bonchev–Trinajstić information content (AvgIpc) is 3.14. The molecule has 4 aromatic rings. The van der Waals surface area contributed by atoms with Crippen molar-refractivity contribution in [1.29, 1.82) is 0 Å². The Morgan fingerprint density at radius 3 is 2.57 bits per heavy atom. The highest BCUT2D eigenvalue weighted by Crippen LogP contribution is 2.16. The lowest BCUT2D eigenvalue weighted by Crippen LogP contribution is -2.22. The van der Waals surface area contributed by atoms with E-state index in [4.69, 9.17) is 0 Å². The molecule has 30 heavy (non-hydrogen) atoms. The Bertz CT molecular complexity index is 1280. The Morgan fingerprint density at radius 2 is 1.83 bits per heavy atom. The van der Waals surface area contributed by atoms with E-state index in [1.807, 2.05) is 68.4 Å². The molecule has 0 saturated heterocycles. The Kier molecular flexibility index (Phi) is 5.30. The van der Waals surface area contributed by atoms with Crippen LogP contribution in [0.5, 0.6) is 0 Å². The molecule has 0 fully saturated rings. The molecule has 2 heterocycles. The summed E-state index contributed by atoms with van der Waals surface area (Å²) < 4.78 is 1.37. The number of hydrogen-bond donors (Lipinski definition) is 2. The van der Waals surface area contributed by atoms with Crippen LogP contribution in [0.4, 0.5) is 5.69 Å². The van der Waals surface area contributed by atoms with Crippen LogP contribution in [0.15, 0.2) is 71.7 Å². The molecule has 4 rings (SSSR count). The zero-order valence-electron chi connectivity index (χ0n) is 16.8. The van der Waals surface area contributed by atoms with Crippen LogP contribution in [0, 0.1) is 13.8 Å². The zero-order chi connectivity index (χ0) is 21.1. The summed E-state index contributed by atoms with van der Waals surface area (Å²) in [5.41, 5.74) is 5.09. The highest BCUT2D eigenvalue weighted by Gasteiger charge is 2.15. The maximum atomic E-state index is 13.0. The van der Waals surface area contributed by atoms with Gasteiger partial charge in [0, 0.05) is 30.0 Å². The van der Waals surface area contributed by atoms with Crippen molar-refractivity contribution in [3.8, 4) is 0 Å². The predicted molar refractivity (Wildman–Crippen MR) is 119 cm³/mol. The number of anilines is 1. The molecule has 0 radical (unpaired) electrons. The minimum absolute atomic E-state index is 0.169. The maximum absolute atomic E-state index is 13.0. The molecule has 6 nitrogen and oxygen atoms in total. The summed E-state index contributed by atoms with van der Waals surface area (Å²) in [6.45, 7) is 3.83. The summed E-state index contributed by atoms with van der Waals surface area (Å²) in [5.74, 6) is -0.294. The van der Waals surface area contributed by atoms with E-state index in [0.717, 1.165) is 16.7 Å². The van der Waals surface area contributed by atoms with Gasteiger partial charge in [0.2, 0.25) is 5.91 Å². The van der Waals surface area contributed by atoms with Gasteiger partial charge in [-0.05, 0) is 31.1 Å². The van der Waals surface area contributed by atoms with Gasteiger partial charge in [-0.15, -0.1) is 0 Å². The lowest BCUT2D eigenvalue weighted by Gasteiger charge is -2.06. The van der Waals surface area contributed by atoms with E-state index in [2.05, 4.69) is 15.4 Å². The third-order valence-electron chi connectivity index (χ3n) is 4.95. The lowest BCUT2D eigenvalue weighted by atomic mass is 10.1. The molecule has 2 aromatic heterocycles. The van der Waals surface area contributed by atoms with Crippen LogP contribution in [-0.2, 0) is 11.2 Å². The van der Waals surface area contributed by atoms with E-state index in [0.29, 0.717) is 29.0 Å². The Hall–Kier alpha value is -3.93. The number of carbonyl (C=O) groups is 1. The van der Waals surface area contributed by atoms with Gasteiger partial charge in [-0.25, -0.2) is 4.98 Å². The summed E-state index contributed by atoms with van der Waals surface area (Å²) in [6, 6.07) is 17.7. The molecule has 6 heteroatoms. The van der Waals surface area contributed by atoms with Crippen molar-refractivity contribution in [3.63, 3.8) is 0 Å². The van der Waals surface area contributed by atoms with Gasteiger partial charge in [-0.1, -0.05) is 60.2 Å². The van der Waals surface area contributed by atoms with Gasteiger partial charge < -0.3 is 5.32 Å². The Labute approximate surface area is 173 Å². The van der Waals surface area contributed by atoms with Gasteiger partial charge >= 0.3 is 0 Å². The lowest BCUT2D eigenvalue weighted by molar-refractivity contribution is -0.111. The van der Waals surface area contributed by atoms with Gasteiger partial charge in [0.05, 0.1) is 0 Å². The highest BCUT2D eigenvalue weighted by molar-refractivity contribution is 6.03. The number of rotatable bonds is 5. The predicted octanol–water partition coefficient (Wildman–Crippen LogP) is 3.88. The highest BCUT2D eigenvalue weighted by atomic mass is 16.1. The molecule has 0 aliphatic carbocycles. The van der Waals surface area contributed by atoms with Crippen molar-refractivity contribution in [1.82, 2.24) is 14.6 Å². The molecule has 150 valence electrons.